The van der Waals surface area contributed by atoms with E-state index in [9.17, 15) is 19.1 Å². The van der Waals surface area contributed by atoms with Crippen LogP contribution in [-0.2, 0) is 11.2 Å². The van der Waals surface area contributed by atoms with Crippen molar-refractivity contribution in [3.63, 3.8) is 0 Å². The Hall–Kier alpha value is -2.89. The van der Waals surface area contributed by atoms with Gasteiger partial charge in [0.1, 0.15) is 11.6 Å². The number of hydrogen-bond donors (Lipinski definition) is 2. The number of carbonyl (C=O) groups excluding carboxylic acids is 1. The number of ether oxygens (including phenoxy) is 1. The highest BCUT2D eigenvalue weighted by Crippen LogP contribution is 2.24. The molecule has 0 bridgehead atoms. The van der Waals surface area contributed by atoms with Crippen LogP contribution in [-0.4, -0.2) is 23.2 Å². The maximum absolute atomic E-state index is 13.9. The topological polar surface area (TPSA) is 79.4 Å². The van der Waals surface area contributed by atoms with Gasteiger partial charge in [-0.2, -0.15) is 0 Å². The summed E-state index contributed by atoms with van der Waals surface area (Å²) < 4.78 is 18.3. The summed E-state index contributed by atoms with van der Waals surface area (Å²) in [6.45, 7) is 3.60. The summed E-state index contributed by atoms with van der Waals surface area (Å²) in [6.07, 6.45) is 3.07. The second-order valence-electron chi connectivity index (χ2n) is 4.62. The summed E-state index contributed by atoms with van der Waals surface area (Å²) >= 11 is 0. The molecule has 114 valence electrons. The average Bonchev–Trinajstić information content (AvgIpc) is 2.51. The highest BCUT2D eigenvalue weighted by atomic mass is 19.1. The third kappa shape index (κ3) is 3.06. The van der Waals surface area contributed by atoms with Crippen molar-refractivity contribution in [2.75, 3.05) is 7.11 Å². The highest BCUT2D eigenvalue weighted by Gasteiger charge is 2.17. The molecule has 0 radical (unpaired) electrons. The normalized spacial score (nSPS) is 10.3. The van der Waals surface area contributed by atoms with Crippen LogP contribution in [0, 0.1) is 5.82 Å². The molecule has 2 rings (SSSR count). The molecule has 0 saturated carbocycles. The van der Waals surface area contributed by atoms with Crippen LogP contribution in [0.25, 0.3) is 6.08 Å². The molecule has 0 amide bonds. The molecule has 1 heterocycles. The number of phenols is 1. The van der Waals surface area contributed by atoms with Crippen LogP contribution in [0.4, 0.5) is 4.39 Å². The Morgan fingerprint density at radius 3 is 2.77 bits per heavy atom. The minimum absolute atomic E-state index is 0.0151. The monoisotopic (exact) mass is 303 g/mol. The zero-order valence-electron chi connectivity index (χ0n) is 11.9. The Morgan fingerprint density at radius 1 is 1.41 bits per heavy atom. The second kappa shape index (κ2) is 6.26. The van der Waals surface area contributed by atoms with Gasteiger partial charge in [-0.3, -0.25) is 4.79 Å². The number of aromatic amines is 1. The first-order valence-electron chi connectivity index (χ1n) is 6.40. The number of nitrogens with one attached hydrogen (secondary N) is 1. The van der Waals surface area contributed by atoms with Crippen molar-refractivity contribution in [3.8, 4) is 5.75 Å². The Labute approximate surface area is 125 Å². The zero-order valence-corrected chi connectivity index (χ0v) is 11.9. The number of rotatable bonds is 4. The molecule has 0 aliphatic rings. The minimum atomic E-state index is -0.883. The van der Waals surface area contributed by atoms with Crippen LogP contribution in [0.3, 0.4) is 0 Å². The molecule has 22 heavy (non-hydrogen) atoms. The number of aromatic nitrogens is 1. The maximum atomic E-state index is 13.9. The van der Waals surface area contributed by atoms with Gasteiger partial charge in [-0.15, -0.1) is 0 Å². The van der Waals surface area contributed by atoms with Crippen molar-refractivity contribution >= 4 is 12.0 Å². The van der Waals surface area contributed by atoms with Gasteiger partial charge in [0.15, 0.2) is 0 Å². The number of esters is 1. The molecule has 0 unspecified atom stereocenters. The molecule has 0 aliphatic heterocycles. The predicted octanol–water partition coefficient (Wildman–Crippen LogP) is 2.24. The van der Waals surface area contributed by atoms with Gasteiger partial charge in [-0.1, -0.05) is 12.7 Å². The number of methoxy groups -OCH3 is 1. The molecule has 0 atom stereocenters. The molecular formula is C16H14FNO4. The molecule has 0 spiro atoms. The van der Waals surface area contributed by atoms with Gasteiger partial charge < -0.3 is 14.8 Å². The van der Waals surface area contributed by atoms with Crippen molar-refractivity contribution in [1.29, 1.82) is 0 Å². The Kier molecular flexibility index (Phi) is 4.41. The van der Waals surface area contributed by atoms with Crippen LogP contribution in [0.1, 0.15) is 27.0 Å². The third-order valence-electron chi connectivity index (χ3n) is 3.19. The quantitative estimate of drug-likeness (QED) is 0.849. The zero-order chi connectivity index (χ0) is 16.3. The van der Waals surface area contributed by atoms with E-state index >= 15 is 0 Å². The fraction of sp³-hybridized carbons (Fsp3) is 0.125. The number of hydrogen-bond acceptors (Lipinski definition) is 4. The summed E-state index contributed by atoms with van der Waals surface area (Å²) in [5.74, 6) is -1.99. The van der Waals surface area contributed by atoms with Crippen molar-refractivity contribution < 1.29 is 19.0 Å². The van der Waals surface area contributed by atoms with E-state index < -0.39 is 11.8 Å². The molecular weight excluding hydrogens is 289 g/mol. The SMILES string of the molecule is C=Cc1c[nH]c(=O)c(Cc2cc(F)c(C(=O)OC)cc2O)c1. The lowest BCUT2D eigenvalue weighted by Crippen LogP contribution is -2.13. The van der Waals surface area contributed by atoms with Gasteiger partial charge in [0.2, 0.25) is 0 Å². The summed E-state index contributed by atoms with van der Waals surface area (Å²) in [5, 5.41) is 9.93. The largest absolute Gasteiger partial charge is 0.508 e. The first-order chi connectivity index (χ1) is 10.5. The third-order valence-corrected chi connectivity index (χ3v) is 3.19. The Morgan fingerprint density at radius 2 is 2.14 bits per heavy atom. The van der Waals surface area contributed by atoms with Gasteiger partial charge in [-0.25, -0.2) is 9.18 Å². The molecule has 5 nitrogen and oxygen atoms in total. The highest BCUT2D eigenvalue weighted by molar-refractivity contribution is 5.90. The van der Waals surface area contributed by atoms with Crippen LogP contribution < -0.4 is 5.56 Å². The molecule has 1 aromatic heterocycles. The molecule has 6 heteroatoms. The summed E-state index contributed by atoms with van der Waals surface area (Å²) in [4.78, 5) is 25.7. The summed E-state index contributed by atoms with van der Waals surface area (Å²) in [6, 6.07) is 3.60. The minimum Gasteiger partial charge on any atom is -0.508 e. The van der Waals surface area contributed by atoms with E-state index in [-0.39, 0.29) is 28.9 Å². The maximum Gasteiger partial charge on any atom is 0.340 e. The smallest absolute Gasteiger partial charge is 0.340 e. The molecule has 0 aliphatic carbocycles. The van der Waals surface area contributed by atoms with Crippen molar-refractivity contribution in [1.82, 2.24) is 4.98 Å². The summed E-state index contributed by atoms with van der Waals surface area (Å²) in [7, 11) is 1.12. The molecule has 0 fully saturated rings. The number of aromatic hydroxyl groups is 1. The lowest BCUT2D eigenvalue weighted by molar-refractivity contribution is 0.0595. The first-order valence-corrected chi connectivity index (χ1v) is 6.40. The average molecular weight is 303 g/mol. The van der Waals surface area contributed by atoms with E-state index in [1.807, 2.05) is 0 Å². The number of halogens is 1. The van der Waals surface area contributed by atoms with Gasteiger partial charge in [-0.05, 0) is 23.8 Å². The fourth-order valence-corrected chi connectivity index (χ4v) is 2.02. The van der Waals surface area contributed by atoms with Gasteiger partial charge in [0.05, 0.1) is 12.7 Å². The molecule has 2 aromatic rings. The fourth-order valence-electron chi connectivity index (χ4n) is 2.02. The lowest BCUT2D eigenvalue weighted by Gasteiger charge is -2.08. The van der Waals surface area contributed by atoms with E-state index in [1.165, 1.54) is 6.20 Å². The van der Waals surface area contributed by atoms with Crippen LogP contribution in [0.2, 0.25) is 0 Å². The van der Waals surface area contributed by atoms with E-state index in [0.717, 1.165) is 19.2 Å². The Balaban J connectivity index is 2.43. The van der Waals surface area contributed by atoms with Gasteiger partial charge >= 0.3 is 5.97 Å². The van der Waals surface area contributed by atoms with Crippen molar-refractivity contribution in [2.45, 2.75) is 6.42 Å². The lowest BCUT2D eigenvalue weighted by atomic mass is 10.0. The standard InChI is InChI=1S/C16H14FNO4/c1-3-9-4-11(15(20)18-8-9)5-10-6-13(17)12(7-14(10)19)16(21)22-2/h3-4,6-8,19H,1,5H2,2H3,(H,18,20). The molecule has 1 aromatic carbocycles. The van der Waals surface area contributed by atoms with E-state index in [1.54, 1.807) is 12.1 Å². The van der Waals surface area contributed by atoms with Crippen molar-refractivity contribution in [3.05, 3.63) is 69.4 Å². The van der Waals surface area contributed by atoms with Gasteiger partial charge in [0.25, 0.3) is 5.56 Å². The van der Waals surface area contributed by atoms with Crippen molar-refractivity contribution in [2.24, 2.45) is 0 Å². The number of H-pyrrole nitrogens is 1. The van der Waals surface area contributed by atoms with Crippen LogP contribution in [0.15, 0.2) is 35.8 Å². The number of phenolic OH excluding ortho intramolecular Hbond substituents is 1. The second-order valence-corrected chi connectivity index (χ2v) is 4.62. The molecule has 2 N–H and O–H groups in total. The van der Waals surface area contributed by atoms with E-state index in [4.69, 9.17) is 0 Å². The van der Waals surface area contributed by atoms with E-state index in [0.29, 0.717) is 11.1 Å². The summed E-state index contributed by atoms with van der Waals surface area (Å²) in [5.41, 5.74) is 0.524. The Bertz CT molecular complexity index is 795. The molecule has 0 saturated heterocycles. The van der Waals surface area contributed by atoms with Crippen LogP contribution in [0.5, 0.6) is 5.75 Å². The van der Waals surface area contributed by atoms with Gasteiger partial charge in [0, 0.05) is 23.7 Å². The first kappa shape index (κ1) is 15.5. The number of pyridine rings is 1. The number of carbonyl (C=O) groups is 1. The number of benzene rings is 1. The van der Waals surface area contributed by atoms with Crippen LogP contribution >= 0.6 is 0 Å². The van der Waals surface area contributed by atoms with E-state index in [2.05, 4.69) is 16.3 Å². The predicted molar refractivity (Wildman–Crippen MR) is 79.4 cm³/mol.